The molecular weight excluding hydrogens is 292 g/mol. The van der Waals surface area contributed by atoms with Crippen LogP contribution in [0.25, 0.3) is 0 Å². The van der Waals surface area contributed by atoms with Gasteiger partial charge in [0.1, 0.15) is 0 Å². The molecule has 1 fully saturated rings. The van der Waals surface area contributed by atoms with Crippen LogP contribution in [0.15, 0.2) is 18.2 Å². The van der Waals surface area contributed by atoms with Crippen molar-refractivity contribution in [3.05, 3.63) is 18.2 Å². The van der Waals surface area contributed by atoms with E-state index >= 15 is 0 Å². The molecule has 7 heteroatoms. The van der Waals surface area contributed by atoms with Crippen LogP contribution >= 0.6 is 0 Å². The third kappa shape index (κ3) is 4.25. The molecule has 21 heavy (non-hydrogen) atoms. The number of hydrogen-bond donors (Lipinski definition) is 1. The van der Waals surface area contributed by atoms with Crippen molar-refractivity contribution in [3.8, 4) is 11.5 Å². The van der Waals surface area contributed by atoms with E-state index in [0.29, 0.717) is 36.9 Å². The highest BCUT2D eigenvalue weighted by molar-refractivity contribution is 7.88. The molecule has 6 nitrogen and oxygen atoms in total. The second-order valence-electron chi connectivity index (χ2n) is 5.35. The summed E-state index contributed by atoms with van der Waals surface area (Å²) in [6.07, 6.45) is 3.06. The molecule has 2 rings (SSSR count). The van der Waals surface area contributed by atoms with Crippen molar-refractivity contribution in [3.63, 3.8) is 0 Å². The molecule has 1 saturated heterocycles. The zero-order valence-corrected chi connectivity index (χ0v) is 13.2. The minimum absolute atomic E-state index is 0.180. The van der Waals surface area contributed by atoms with Gasteiger partial charge < -0.3 is 15.2 Å². The lowest BCUT2D eigenvalue weighted by Crippen LogP contribution is -2.40. The van der Waals surface area contributed by atoms with Gasteiger partial charge in [-0.05, 0) is 25.0 Å². The fourth-order valence-corrected chi connectivity index (χ4v) is 3.42. The van der Waals surface area contributed by atoms with Gasteiger partial charge in [0.2, 0.25) is 10.0 Å². The SMILES string of the molecule is COc1ccc(N)cc1OCC1CCCN(S(C)(=O)=O)C1. The lowest BCUT2D eigenvalue weighted by Gasteiger charge is -2.30. The van der Waals surface area contributed by atoms with Gasteiger partial charge in [-0.15, -0.1) is 0 Å². The van der Waals surface area contributed by atoms with Gasteiger partial charge >= 0.3 is 0 Å². The quantitative estimate of drug-likeness (QED) is 0.829. The Balaban J connectivity index is 1.98. The van der Waals surface area contributed by atoms with E-state index in [0.717, 1.165) is 12.8 Å². The summed E-state index contributed by atoms with van der Waals surface area (Å²) in [4.78, 5) is 0. The lowest BCUT2D eigenvalue weighted by atomic mass is 10.0. The van der Waals surface area contributed by atoms with Crippen molar-refractivity contribution < 1.29 is 17.9 Å². The van der Waals surface area contributed by atoms with Gasteiger partial charge in [0.15, 0.2) is 11.5 Å². The normalized spacial score (nSPS) is 20.2. The van der Waals surface area contributed by atoms with Crippen LogP contribution in [0.5, 0.6) is 11.5 Å². The van der Waals surface area contributed by atoms with Crippen LogP contribution in [-0.4, -0.2) is 45.8 Å². The molecular formula is C14H22N2O4S. The molecule has 0 saturated carbocycles. The second-order valence-corrected chi connectivity index (χ2v) is 7.33. The van der Waals surface area contributed by atoms with Crippen LogP contribution in [-0.2, 0) is 10.0 Å². The third-order valence-corrected chi connectivity index (χ3v) is 4.88. The summed E-state index contributed by atoms with van der Waals surface area (Å²) in [5.74, 6) is 1.40. The molecule has 1 heterocycles. The van der Waals surface area contributed by atoms with E-state index < -0.39 is 10.0 Å². The summed E-state index contributed by atoms with van der Waals surface area (Å²) in [5.41, 5.74) is 6.35. The Morgan fingerprint density at radius 3 is 2.81 bits per heavy atom. The van der Waals surface area contributed by atoms with E-state index in [1.807, 2.05) is 0 Å². The van der Waals surface area contributed by atoms with Crippen LogP contribution in [0.1, 0.15) is 12.8 Å². The number of nitrogen functional groups attached to an aromatic ring is 1. The third-order valence-electron chi connectivity index (χ3n) is 3.61. The van der Waals surface area contributed by atoms with Gasteiger partial charge in [-0.2, -0.15) is 0 Å². The predicted molar refractivity (Wildman–Crippen MR) is 82.0 cm³/mol. The van der Waals surface area contributed by atoms with E-state index in [-0.39, 0.29) is 5.92 Å². The highest BCUT2D eigenvalue weighted by Gasteiger charge is 2.26. The predicted octanol–water partition coefficient (Wildman–Crippen LogP) is 1.33. The van der Waals surface area contributed by atoms with Crippen LogP contribution in [0.3, 0.4) is 0 Å². The fraction of sp³-hybridized carbons (Fsp3) is 0.571. The van der Waals surface area contributed by atoms with Crippen LogP contribution in [0.4, 0.5) is 5.69 Å². The van der Waals surface area contributed by atoms with Crippen LogP contribution in [0.2, 0.25) is 0 Å². The topological polar surface area (TPSA) is 81.9 Å². The fourth-order valence-electron chi connectivity index (χ4n) is 2.48. The monoisotopic (exact) mass is 314 g/mol. The number of ether oxygens (including phenoxy) is 2. The summed E-state index contributed by atoms with van der Waals surface area (Å²) < 4.78 is 35.7. The molecule has 0 spiro atoms. The largest absolute Gasteiger partial charge is 0.493 e. The maximum atomic E-state index is 11.6. The Labute approximate surface area is 125 Å². The molecule has 0 aliphatic carbocycles. The Kier molecular flexibility index (Phi) is 4.95. The Hall–Kier alpha value is -1.47. The van der Waals surface area contributed by atoms with E-state index in [9.17, 15) is 8.42 Å². The highest BCUT2D eigenvalue weighted by atomic mass is 32.2. The van der Waals surface area contributed by atoms with E-state index in [1.165, 1.54) is 10.6 Å². The smallest absolute Gasteiger partial charge is 0.211 e. The number of benzene rings is 1. The first kappa shape index (κ1) is 15.9. The summed E-state index contributed by atoms with van der Waals surface area (Å²) in [6.45, 7) is 1.55. The average Bonchev–Trinajstić information content (AvgIpc) is 2.45. The van der Waals surface area contributed by atoms with Crippen molar-refractivity contribution in [1.82, 2.24) is 4.31 Å². The zero-order chi connectivity index (χ0) is 15.5. The Bertz CT molecular complexity index is 589. The van der Waals surface area contributed by atoms with Crippen LogP contribution < -0.4 is 15.2 Å². The molecule has 1 aromatic rings. The average molecular weight is 314 g/mol. The summed E-state index contributed by atoms with van der Waals surface area (Å²) in [5, 5.41) is 0. The molecule has 2 N–H and O–H groups in total. The molecule has 0 bridgehead atoms. The van der Waals surface area contributed by atoms with Gasteiger partial charge in [-0.1, -0.05) is 0 Å². The van der Waals surface area contributed by atoms with Gasteiger partial charge in [-0.25, -0.2) is 12.7 Å². The van der Waals surface area contributed by atoms with Crippen molar-refractivity contribution in [2.75, 3.05) is 38.8 Å². The number of hydrogen-bond acceptors (Lipinski definition) is 5. The van der Waals surface area contributed by atoms with Gasteiger partial charge in [-0.3, -0.25) is 0 Å². The van der Waals surface area contributed by atoms with Gasteiger partial charge in [0, 0.05) is 30.8 Å². The highest BCUT2D eigenvalue weighted by Crippen LogP contribution is 2.30. The molecule has 1 aliphatic rings. The first-order valence-electron chi connectivity index (χ1n) is 6.91. The van der Waals surface area contributed by atoms with Gasteiger partial charge in [0.25, 0.3) is 0 Å². The minimum atomic E-state index is -3.13. The Morgan fingerprint density at radius 2 is 2.14 bits per heavy atom. The van der Waals surface area contributed by atoms with Crippen LogP contribution in [0, 0.1) is 5.92 Å². The summed E-state index contributed by atoms with van der Waals surface area (Å²) >= 11 is 0. The van der Waals surface area contributed by atoms with Gasteiger partial charge in [0.05, 0.1) is 20.0 Å². The Morgan fingerprint density at radius 1 is 1.38 bits per heavy atom. The molecule has 0 amide bonds. The molecule has 1 aromatic carbocycles. The van der Waals surface area contributed by atoms with E-state index in [2.05, 4.69) is 0 Å². The number of piperidine rings is 1. The number of sulfonamides is 1. The van der Waals surface area contributed by atoms with E-state index in [4.69, 9.17) is 15.2 Å². The molecule has 118 valence electrons. The molecule has 0 radical (unpaired) electrons. The molecule has 1 atom stereocenters. The summed E-state index contributed by atoms with van der Waals surface area (Å²) in [7, 11) is -1.55. The number of methoxy groups -OCH3 is 1. The number of rotatable bonds is 5. The zero-order valence-electron chi connectivity index (χ0n) is 12.4. The number of nitrogens with two attached hydrogens (primary N) is 1. The first-order valence-corrected chi connectivity index (χ1v) is 8.76. The second kappa shape index (κ2) is 6.53. The van der Waals surface area contributed by atoms with E-state index in [1.54, 1.807) is 25.3 Å². The van der Waals surface area contributed by atoms with Crippen molar-refractivity contribution in [2.45, 2.75) is 12.8 Å². The number of nitrogens with zero attached hydrogens (tertiary/aromatic N) is 1. The van der Waals surface area contributed by atoms with Crippen molar-refractivity contribution in [2.24, 2.45) is 5.92 Å². The molecule has 0 aromatic heterocycles. The lowest BCUT2D eigenvalue weighted by molar-refractivity contribution is 0.177. The first-order chi connectivity index (χ1) is 9.90. The maximum Gasteiger partial charge on any atom is 0.211 e. The van der Waals surface area contributed by atoms with Crippen molar-refractivity contribution in [1.29, 1.82) is 0 Å². The molecule has 1 aliphatic heterocycles. The van der Waals surface area contributed by atoms with Crippen molar-refractivity contribution >= 4 is 15.7 Å². The molecule has 1 unspecified atom stereocenters. The standard InChI is InChI=1S/C14H22N2O4S/c1-19-13-6-5-12(15)8-14(13)20-10-11-4-3-7-16(9-11)21(2,17)18/h5-6,8,11H,3-4,7,9-10,15H2,1-2H3. The number of anilines is 1. The maximum absolute atomic E-state index is 11.6. The summed E-state index contributed by atoms with van der Waals surface area (Å²) in [6, 6.07) is 5.22. The minimum Gasteiger partial charge on any atom is -0.493 e.